The van der Waals surface area contributed by atoms with Crippen LogP contribution in [0.4, 0.5) is 0 Å². The van der Waals surface area contributed by atoms with Crippen LogP contribution < -0.4 is 25.7 Å². The van der Waals surface area contributed by atoms with Crippen LogP contribution >= 0.6 is 0 Å². The van der Waals surface area contributed by atoms with E-state index >= 15 is 0 Å². The van der Waals surface area contributed by atoms with E-state index in [1.807, 2.05) is 6.92 Å². The Kier molecular flexibility index (Phi) is 5.15. The van der Waals surface area contributed by atoms with Crippen LogP contribution in [-0.2, 0) is 16.0 Å². The molecule has 1 atom stereocenters. The first kappa shape index (κ1) is 20.6. The molecule has 3 heterocycles. The van der Waals surface area contributed by atoms with E-state index in [4.69, 9.17) is 18.9 Å². The number of nitrogens with zero attached hydrogens (tertiary/aromatic N) is 1. The molecule has 1 aromatic heterocycles. The molecule has 0 bridgehead atoms. The summed E-state index contributed by atoms with van der Waals surface area (Å²) in [5, 5.41) is 7.49. The number of rotatable bonds is 7. The van der Waals surface area contributed by atoms with Crippen LogP contribution in [-0.4, -0.2) is 50.7 Å². The molecule has 1 aliphatic carbocycles. The normalized spacial score (nSPS) is 18.7. The van der Waals surface area contributed by atoms with Gasteiger partial charge in [-0.15, -0.1) is 0 Å². The number of carbonyl (C=O) groups is 1. The monoisotopic (exact) mass is 439 g/mol. The number of methoxy groups -OCH3 is 2. The molecule has 0 spiro atoms. The molecule has 5 rings (SSSR count). The Bertz CT molecular complexity index is 1240. The van der Waals surface area contributed by atoms with Gasteiger partial charge in [-0.1, -0.05) is 6.92 Å². The smallest absolute Gasteiger partial charge is 0.259 e. The largest absolute Gasteiger partial charge is 0.493 e. The van der Waals surface area contributed by atoms with Gasteiger partial charge < -0.3 is 34.1 Å². The van der Waals surface area contributed by atoms with Crippen LogP contribution in [0.2, 0.25) is 0 Å². The fourth-order valence-corrected chi connectivity index (χ4v) is 4.51. The number of ether oxygens (including phenoxy) is 4. The summed E-state index contributed by atoms with van der Waals surface area (Å²) in [6, 6.07) is 3.35. The van der Waals surface area contributed by atoms with Gasteiger partial charge in [-0.25, -0.2) is 0 Å². The first-order valence-corrected chi connectivity index (χ1v) is 10.6. The molecule has 2 aliphatic heterocycles. The van der Waals surface area contributed by atoms with Crippen molar-refractivity contribution in [1.82, 2.24) is 15.2 Å². The molecular weight excluding hydrogens is 414 g/mol. The molecule has 0 radical (unpaired) electrons. The van der Waals surface area contributed by atoms with Crippen molar-refractivity contribution >= 4 is 22.3 Å². The Hall–Kier alpha value is -3.30. The summed E-state index contributed by atoms with van der Waals surface area (Å²) in [5.74, 6) is 1.30. The van der Waals surface area contributed by atoms with Crippen molar-refractivity contribution in [3.8, 4) is 11.5 Å². The predicted octanol–water partition coefficient (Wildman–Crippen LogP) is 1.74. The Morgan fingerprint density at radius 2 is 1.94 bits per heavy atom. The first-order valence-electron chi connectivity index (χ1n) is 10.6. The summed E-state index contributed by atoms with van der Waals surface area (Å²) < 4.78 is 23.6. The zero-order valence-electron chi connectivity index (χ0n) is 18.2. The summed E-state index contributed by atoms with van der Waals surface area (Å²) in [4.78, 5) is 27.2. The third-order valence-corrected chi connectivity index (χ3v) is 6.02. The van der Waals surface area contributed by atoms with Gasteiger partial charge in [0.25, 0.3) is 5.56 Å². The molecule has 2 aromatic rings. The highest BCUT2D eigenvalue weighted by Gasteiger charge is 2.40. The van der Waals surface area contributed by atoms with Crippen LogP contribution in [0.3, 0.4) is 0 Å². The number of nitrogens with one attached hydrogen (secondary N) is 2. The molecular formula is C23H25N3O6. The number of carbonyl (C=O) groups excluding carboxylic acids is 1. The van der Waals surface area contributed by atoms with Crippen molar-refractivity contribution in [3.05, 3.63) is 51.2 Å². The molecule has 3 aliphatic rings. The van der Waals surface area contributed by atoms with Gasteiger partial charge in [-0.2, -0.15) is 0 Å². The van der Waals surface area contributed by atoms with Crippen LogP contribution in [0.1, 0.15) is 29.4 Å². The van der Waals surface area contributed by atoms with Gasteiger partial charge in [0.2, 0.25) is 0 Å². The number of hydrogen-bond donors (Lipinski definition) is 2. The third kappa shape index (κ3) is 3.00. The van der Waals surface area contributed by atoms with Crippen molar-refractivity contribution < 1.29 is 23.7 Å². The molecule has 1 fully saturated rings. The Morgan fingerprint density at radius 1 is 1.19 bits per heavy atom. The number of benzene rings is 1. The summed E-state index contributed by atoms with van der Waals surface area (Å²) in [6.45, 7) is 4.23. The van der Waals surface area contributed by atoms with Crippen LogP contribution in [0.25, 0.3) is 16.5 Å². The van der Waals surface area contributed by atoms with E-state index < -0.39 is 6.23 Å². The van der Waals surface area contributed by atoms with Gasteiger partial charge >= 0.3 is 0 Å². The summed E-state index contributed by atoms with van der Waals surface area (Å²) in [6.07, 6.45) is 1.98. The number of allylic oxidation sites excluding steroid dienone is 2. The lowest BCUT2D eigenvalue weighted by molar-refractivity contribution is 0.0443. The molecule has 1 unspecified atom stereocenters. The van der Waals surface area contributed by atoms with Crippen molar-refractivity contribution in [2.24, 2.45) is 0 Å². The molecule has 2 N–H and O–H groups in total. The number of ketones is 1. The number of Topliss-reactive ketones (excluding diaryl/α,β-unsaturated/α-hetero) is 1. The van der Waals surface area contributed by atoms with Crippen LogP contribution in [0.15, 0.2) is 34.3 Å². The first-order chi connectivity index (χ1) is 15.6. The minimum atomic E-state index is -0.473. The van der Waals surface area contributed by atoms with Crippen molar-refractivity contribution in [3.63, 3.8) is 0 Å². The number of dihydropyridines is 1. The van der Waals surface area contributed by atoms with E-state index in [0.29, 0.717) is 57.1 Å². The summed E-state index contributed by atoms with van der Waals surface area (Å²) in [7, 11) is 3.05. The van der Waals surface area contributed by atoms with Gasteiger partial charge in [0.1, 0.15) is 5.76 Å². The number of pyridine rings is 1. The zero-order chi connectivity index (χ0) is 22.4. The SMILES string of the molecule is CCNCCCn1c2c(c3cc(OC)c(OC)cc3c1=O)C(=O)C1=C2NC2OCOC2=C1. The highest BCUT2D eigenvalue weighted by molar-refractivity contribution is 6.27. The average Bonchev–Trinajstić information content (AvgIpc) is 3.38. The molecule has 0 saturated carbocycles. The minimum absolute atomic E-state index is 0.120. The van der Waals surface area contributed by atoms with Crippen molar-refractivity contribution in [2.45, 2.75) is 26.1 Å². The second kappa shape index (κ2) is 7.99. The average molecular weight is 439 g/mol. The van der Waals surface area contributed by atoms with Crippen LogP contribution in [0, 0.1) is 0 Å². The van der Waals surface area contributed by atoms with Gasteiger partial charge in [0.15, 0.2) is 30.3 Å². The van der Waals surface area contributed by atoms with Gasteiger partial charge in [0.05, 0.1) is 42.1 Å². The van der Waals surface area contributed by atoms with Crippen molar-refractivity contribution in [2.75, 3.05) is 34.1 Å². The Labute approximate surface area is 184 Å². The topological polar surface area (TPSA) is 100 Å². The lowest BCUT2D eigenvalue weighted by Crippen LogP contribution is -2.34. The Morgan fingerprint density at radius 3 is 2.66 bits per heavy atom. The standard InChI is InChI=1S/C23H25N3O6/c1-4-24-6-5-7-26-20-18(12-8-15(29-2)16(30-3)9-13(12)23(26)28)21(27)14-10-17-22(25-19(14)20)32-11-31-17/h8-10,22,24-25H,4-7,11H2,1-3H3. The third-order valence-electron chi connectivity index (χ3n) is 6.02. The molecule has 0 amide bonds. The number of aromatic nitrogens is 1. The molecule has 32 heavy (non-hydrogen) atoms. The zero-order valence-corrected chi connectivity index (χ0v) is 18.2. The van der Waals surface area contributed by atoms with Gasteiger partial charge in [-0.05, 0) is 37.7 Å². The maximum atomic E-state index is 13.6. The summed E-state index contributed by atoms with van der Waals surface area (Å²) in [5.41, 5.74) is 1.94. The fraction of sp³-hybridized carbons (Fsp3) is 0.391. The minimum Gasteiger partial charge on any atom is -0.493 e. The second-order valence-corrected chi connectivity index (χ2v) is 7.76. The fourth-order valence-electron chi connectivity index (χ4n) is 4.51. The Balaban J connectivity index is 1.75. The van der Waals surface area contributed by atoms with Crippen LogP contribution in [0.5, 0.6) is 11.5 Å². The van der Waals surface area contributed by atoms with E-state index in [0.717, 1.165) is 19.5 Å². The lowest BCUT2D eigenvalue weighted by atomic mass is 10.0. The lowest BCUT2D eigenvalue weighted by Gasteiger charge is -2.22. The molecule has 9 heteroatoms. The van der Waals surface area contributed by atoms with Gasteiger partial charge in [0, 0.05) is 11.9 Å². The number of hydrogen-bond acceptors (Lipinski definition) is 8. The van der Waals surface area contributed by atoms with E-state index in [9.17, 15) is 9.59 Å². The van der Waals surface area contributed by atoms with Gasteiger partial charge in [-0.3, -0.25) is 9.59 Å². The summed E-state index contributed by atoms with van der Waals surface area (Å²) >= 11 is 0. The van der Waals surface area contributed by atoms with E-state index in [-0.39, 0.29) is 18.1 Å². The molecule has 1 saturated heterocycles. The molecule has 9 nitrogen and oxygen atoms in total. The van der Waals surface area contributed by atoms with E-state index in [1.165, 1.54) is 14.2 Å². The van der Waals surface area contributed by atoms with E-state index in [2.05, 4.69) is 10.6 Å². The highest BCUT2D eigenvalue weighted by Crippen LogP contribution is 2.42. The van der Waals surface area contributed by atoms with E-state index in [1.54, 1.807) is 22.8 Å². The number of fused-ring (bicyclic) bond motifs is 5. The quantitative estimate of drug-likeness (QED) is 0.630. The molecule has 1 aromatic carbocycles. The second-order valence-electron chi connectivity index (χ2n) is 7.76. The highest BCUT2D eigenvalue weighted by atomic mass is 16.7. The predicted molar refractivity (Wildman–Crippen MR) is 118 cm³/mol. The molecule has 168 valence electrons. The van der Waals surface area contributed by atoms with Crippen molar-refractivity contribution in [1.29, 1.82) is 0 Å². The maximum absolute atomic E-state index is 13.6. The maximum Gasteiger partial charge on any atom is 0.259 e.